The summed E-state index contributed by atoms with van der Waals surface area (Å²) in [4.78, 5) is 53.5. The van der Waals surface area contributed by atoms with Crippen molar-refractivity contribution in [3.8, 4) is 0 Å². The molecule has 2 atom stereocenters. The van der Waals surface area contributed by atoms with Gasteiger partial charge >= 0.3 is 5.97 Å². The molecule has 12 nitrogen and oxygen atoms in total. The van der Waals surface area contributed by atoms with E-state index in [0.717, 1.165) is 12.5 Å². The number of anilines is 2. The van der Waals surface area contributed by atoms with Crippen molar-refractivity contribution in [1.29, 1.82) is 0 Å². The van der Waals surface area contributed by atoms with Gasteiger partial charge in [-0.25, -0.2) is 0 Å². The molecule has 188 valence electrons. The maximum Gasteiger partial charge on any atom is 0.303 e. The van der Waals surface area contributed by atoms with Gasteiger partial charge in [-0.05, 0) is 48.0 Å². The molecule has 0 aromatic heterocycles. The molecule has 0 spiro atoms. The first-order chi connectivity index (χ1) is 17.2. The van der Waals surface area contributed by atoms with E-state index in [4.69, 9.17) is 20.4 Å². The number of rotatable bonds is 6. The van der Waals surface area contributed by atoms with Crippen molar-refractivity contribution in [2.24, 2.45) is 10.9 Å². The number of hydrogen-bond donors (Lipinski definition) is 3. The van der Waals surface area contributed by atoms with E-state index >= 15 is 0 Å². The van der Waals surface area contributed by atoms with Crippen LogP contribution in [0.25, 0.3) is 0 Å². The average Bonchev–Trinajstić information content (AvgIpc) is 3.15. The van der Waals surface area contributed by atoms with E-state index in [1.165, 1.54) is 29.2 Å². The Hall–Kier alpha value is -4.45. The lowest BCUT2D eigenvalue weighted by Crippen LogP contribution is -2.56. The predicted octanol–water partition coefficient (Wildman–Crippen LogP) is 0.669. The molecule has 3 amide bonds. The number of morpholine rings is 1. The van der Waals surface area contributed by atoms with E-state index in [-0.39, 0.29) is 24.9 Å². The van der Waals surface area contributed by atoms with Gasteiger partial charge in [-0.3, -0.25) is 19.2 Å². The maximum atomic E-state index is 13.4. The summed E-state index contributed by atoms with van der Waals surface area (Å²) in [5, 5.41) is 14.3. The minimum absolute atomic E-state index is 0.0892. The molecule has 0 aliphatic carbocycles. The number of fused-ring (bicyclic) bond motifs is 1. The second-order valence-electron chi connectivity index (χ2n) is 8.37. The number of amides is 3. The van der Waals surface area contributed by atoms with E-state index in [1.807, 2.05) is 0 Å². The largest absolute Gasteiger partial charge is 0.449 e. The zero-order chi connectivity index (χ0) is 26.0. The van der Waals surface area contributed by atoms with Gasteiger partial charge in [-0.15, -0.1) is 0 Å². The lowest BCUT2D eigenvalue weighted by atomic mass is 10.1. The summed E-state index contributed by atoms with van der Waals surface area (Å²) in [6.45, 7) is 1.88. The van der Waals surface area contributed by atoms with Gasteiger partial charge in [0.2, 0.25) is 6.10 Å². The SMILES string of the molecule is CC(=O)O[C@@H](C(=O)Nc1ccc(/C(N)=N/O)cc1)[C@H]1OCCN(c2ccc3c(c2)CN(C)C3=O)C1=O. The van der Waals surface area contributed by atoms with Crippen LogP contribution in [-0.2, 0) is 30.4 Å². The van der Waals surface area contributed by atoms with Gasteiger partial charge in [0.25, 0.3) is 17.7 Å². The summed E-state index contributed by atoms with van der Waals surface area (Å²) in [6, 6.07) is 11.2. The molecular formula is C24H25N5O7. The minimum Gasteiger partial charge on any atom is -0.449 e. The van der Waals surface area contributed by atoms with Gasteiger partial charge in [0.1, 0.15) is 0 Å². The molecule has 1 saturated heterocycles. The monoisotopic (exact) mass is 495 g/mol. The van der Waals surface area contributed by atoms with Crippen LogP contribution in [0.5, 0.6) is 0 Å². The fraction of sp³-hybridized carbons (Fsp3) is 0.292. The van der Waals surface area contributed by atoms with Crippen molar-refractivity contribution in [3.05, 3.63) is 59.2 Å². The third-order valence-electron chi connectivity index (χ3n) is 5.89. The summed E-state index contributed by atoms with van der Waals surface area (Å²) in [5.74, 6) is -2.26. The maximum absolute atomic E-state index is 13.4. The molecule has 12 heteroatoms. The lowest BCUT2D eigenvalue weighted by molar-refractivity contribution is -0.167. The second kappa shape index (κ2) is 10.0. The first-order valence-electron chi connectivity index (χ1n) is 11.1. The molecule has 0 radical (unpaired) electrons. The molecule has 4 rings (SSSR count). The number of esters is 1. The zero-order valence-electron chi connectivity index (χ0n) is 19.6. The number of amidine groups is 1. The topological polar surface area (TPSA) is 164 Å². The number of nitrogens with two attached hydrogens (primary N) is 1. The molecule has 0 unspecified atom stereocenters. The number of nitrogens with zero attached hydrogens (tertiary/aromatic N) is 3. The summed E-state index contributed by atoms with van der Waals surface area (Å²) < 4.78 is 10.8. The fourth-order valence-corrected chi connectivity index (χ4v) is 4.13. The van der Waals surface area contributed by atoms with Crippen molar-refractivity contribution >= 4 is 40.9 Å². The number of carbonyl (C=O) groups is 4. The Morgan fingerprint density at radius 2 is 1.94 bits per heavy atom. The normalized spacial score (nSPS) is 18.6. The van der Waals surface area contributed by atoms with Crippen molar-refractivity contribution in [2.45, 2.75) is 25.7 Å². The highest BCUT2D eigenvalue weighted by atomic mass is 16.6. The Balaban J connectivity index is 1.54. The Bertz CT molecular complexity index is 1240. The van der Waals surface area contributed by atoms with E-state index in [1.54, 1.807) is 30.1 Å². The highest BCUT2D eigenvalue weighted by Crippen LogP contribution is 2.29. The van der Waals surface area contributed by atoms with Crippen molar-refractivity contribution in [1.82, 2.24) is 4.90 Å². The Morgan fingerprint density at radius 1 is 1.22 bits per heavy atom. The molecule has 2 aliphatic rings. The molecule has 0 saturated carbocycles. The standard InChI is InChI=1S/C24H25N5O7/c1-13(30)36-19(22(31)26-16-5-3-14(4-6-16)21(25)27-34)20-24(33)29(9-10-35-20)17-7-8-18-15(11-17)12-28(2)23(18)32/h3-8,11,19-20,34H,9-10,12H2,1-2H3,(H2,25,27)(H,26,31)/t19-,20-/m1/s1. The van der Waals surface area contributed by atoms with Gasteiger partial charge in [-0.1, -0.05) is 5.16 Å². The summed E-state index contributed by atoms with van der Waals surface area (Å²) in [5.41, 5.74) is 8.22. The fourth-order valence-electron chi connectivity index (χ4n) is 4.13. The molecule has 2 aromatic rings. The third kappa shape index (κ3) is 4.84. The molecule has 2 aliphatic heterocycles. The van der Waals surface area contributed by atoms with E-state index in [0.29, 0.717) is 29.0 Å². The highest BCUT2D eigenvalue weighted by Gasteiger charge is 2.43. The number of nitrogens with one attached hydrogen (secondary N) is 1. The molecule has 2 heterocycles. The van der Waals surface area contributed by atoms with Crippen molar-refractivity contribution in [3.63, 3.8) is 0 Å². The molecule has 4 N–H and O–H groups in total. The first-order valence-corrected chi connectivity index (χ1v) is 11.1. The van der Waals surface area contributed by atoms with Crippen LogP contribution in [0.4, 0.5) is 11.4 Å². The van der Waals surface area contributed by atoms with Gasteiger partial charge < -0.3 is 35.5 Å². The number of ether oxygens (including phenoxy) is 2. The number of hydrogen-bond acceptors (Lipinski definition) is 8. The van der Waals surface area contributed by atoms with Crippen LogP contribution >= 0.6 is 0 Å². The van der Waals surface area contributed by atoms with Gasteiger partial charge in [0, 0.05) is 49.6 Å². The van der Waals surface area contributed by atoms with E-state index in [2.05, 4.69) is 10.5 Å². The number of oxime groups is 1. The number of benzene rings is 2. The Kier molecular flexibility index (Phi) is 6.88. The molecule has 0 bridgehead atoms. The zero-order valence-corrected chi connectivity index (χ0v) is 19.6. The van der Waals surface area contributed by atoms with Gasteiger partial charge in [0.15, 0.2) is 11.9 Å². The van der Waals surface area contributed by atoms with Gasteiger partial charge in [0.05, 0.1) is 6.61 Å². The van der Waals surface area contributed by atoms with Crippen LogP contribution in [0.15, 0.2) is 47.6 Å². The van der Waals surface area contributed by atoms with E-state index < -0.39 is 30.0 Å². The lowest BCUT2D eigenvalue weighted by Gasteiger charge is -2.35. The number of carbonyl (C=O) groups excluding carboxylic acids is 4. The van der Waals surface area contributed by atoms with Crippen LogP contribution in [0.3, 0.4) is 0 Å². The molecule has 36 heavy (non-hydrogen) atoms. The smallest absolute Gasteiger partial charge is 0.303 e. The Labute approximate surface area is 206 Å². The molecular weight excluding hydrogens is 470 g/mol. The summed E-state index contributed by atoms with van der Waals surface area (Å²) >= 11 is 0. The van der Waals surface area contributed by atoms with Crippen LogP contribution in [0.2, 0.25) is 0 Å². The first kappa shape index (κ1) is 24.7. The van der Waals surface area contributed by atoms with E-state index in [9.17, 15) is 19.2 Å². The van der Waals surface area contributed by atoms with Crippen molar-refractivity contribution in [2.75, 3.05) is 30.4 Å². The van der Waals surface area contributed by atoms with Crippen LogP contribution < -0.4 is 16.0 Å². The highest BCUT2D eigenvalue weighted by molar-refractivity contribution is 6.05. The molecule has 2 aromatic carbocycles. The molecule has 1 fully saturated rings. The summed E-state index contributed by atoms with van der Waals surface area (Å²) in [7, 11) is 1.70. The van der Waals surface area contributed by atoms with Crippen LogP contribution in [0, 0.1) is 0 Å². The minimum atomic E-state index is -1.55. The second-order valence-corrected chi connectivity index (χ2v) is 8.37. The predicted molar refractivity (Wildman–Crippen MR) is 127 cm³/mol. The average molecular weight is 495 g/mol. The van der Waals surface area contributed by atoms with Gasteiger partial charge in [-0.2, -0.15) is 0 Å². The van der Waals surface area contributed by atoms with Crippen molar-refractivity contribution < 1.29 is 33.9 Å². The Morgan fingerprint density at radius 3 is 2.61 bits per heavy atom. The third-order valence-corrected chi connectivity index (χ3v) is 5.89. The summed E-state index contributed by atoms with van der Waals surface area (Å²) in [6.07, 6.45) is -2.93. The quantitative estimate of drug-likeness (QED) is 0.173. The van der Waals surface area contributed by atoms with Crippen LogP contribution in [0.1, 0.15) is 28.4 Å². The van der Waals surface area contributed by atoms with Crippen LogP contribution in [-0.4, -0.2) is 72.0 Å².